The summed E-state index contributed by atoms with van der Waals surface area (Å²) in [7, 11) is 0. The van der Waals surface area contributed by atoms with Crippen molar-refractivity contribution in [1.29, 1.82) is 0 Å². The summed E-state index contributed by atoms with van der Waals surface area (Å²) >= 11 is 0. The molecule has 1 aromatic heterocycles. The molecule has 4 nitrogen and oxygen atoms in total. The van der Waals surface area contributed by atoms with Gasteiger partial charge in [-0.1, -0.05) is 0 Å². The van der Waals surface area contributed by atoms with Crippen molar-refractivity contribution in [3.63, 3.8) is 0 Å². The van der Waals surface area contributed by atoms with Gasteiger partial charge < -0.3 is 10.2 Å². The van der Waals surface area contributed by atoms with E-state index in [2.05, 4.69) is 32.5 Å². The van der Waals surface area contributed by atoms with Crippen LogP contribution in [0, 0.1) is 18.8 Å². The maximum atomic E-state index is 4.31. The largest absolute Gasteiger partial charge is 0.355 e. The first-order valence-corrected chi connectivity index (χ1v) is 7.59. The van der Waals surface area contributed by atoms with Crippen molar-refractivity contribution in [2.24, 2.45) is 11.8 Å². The molecule has 19 heavy (non-hydrogen) atoms. The summed E-state index contributed by atoms with van der Waals surface area (Å²) in [5.41, 5.74) is 0.994. The van der Waals surface area contributed by atoms with E-state index in [0.29, 0.717) is 0 Å². The highest BCUT2D eigenvalue weighted by Gasteiger charge is 2.27. The zero-order valence-electron chi connectivity index (χ0n) is 11.8. The van der Waals surface area contributed by atoms with Gasteiger partial charge in [0.1, 0.15) is 0 Å². The van der Waals surface area contributed by atoms with Crippen molar-refractivity contribution in [2.45, 2.75) is 32.6 Å². The Labute approximate surface area is 115 Å². The van der Waals surface area contributed by atoms with Gasteiger partial charge in [0.25, 0.3) is 0 Å². The number of rotatable bonds is 2. The van der Waals surface area contributed by atoms with Crippen molar-refractivity contribution < 1.29 is 0 Å². The second-order valence-electron chi connectivity index (χ2n) is 5.94. The van der Waals surface area contributed by atoms with E-state index < -0.39 is 0 Å². The summed E-state index contributed by atoms with van der Waals surface area (Å²) in [5, 5.41) is 11.9. The van der Waals surface area contributed by atoms with Gasteiger partial charge in [-0.2, -0.15) is 5.10 Å². The minimum absolute atomic E-state index is 0.928. The van der Waals surface area contributed by atoms with Crippen LogP contribution in [0.15, 0.2) is 12.1 Å². The van der Waals surface area contributed by atoms with E-state index in [1.54, 1.807) is 0 Å². The summed E-state index contributed by atoms with van der Waals surface area (Å²) in [6, 6.07) is 4.16. The first-order valence-electron chi connectivity index (χ1n) is 7.59. The molecule has 3 heterocycles. The minimum Gasteiger partial charge on any atom is -0.355 e. The van der Waals surface area contributed by atoms with E-state index in [4.69, 9.17) is 0 Å². The highest BCUT2D eigenvalue weighted by Crippen LogP contribution is 2.31. The first kappa shape index (κ1) is 12.9. The van der Waals surface area contributed by atoms with E-state index in [0.717, 1.165) is 36.4 Å². The molecular weight excluding hydrogens is 236 g/mol. The zero-order valence-corrected chi connectivity index (χ0v) is 11.8. The summed E-state index contributed by atoms with van der Waals surface area (Å²) in [4.78, 5) is 2.39. The molecule has 2 saturated heterocycles. The standard InChI is InChI=1S/C15H24N4/c1-12-2-3-15(18-17-12)19-10-6-14(7-11-19)13-4-8-16-9-5-13/h2-3,13-14,16H,4-11H2,1H3. The van der Waals surface area contributed by atoms with Crippen LogP contribution in [0.1, 0.15) is 31.4 Å². The second-order valence-corrected chi connectivity index (χ2v) is 5.94. The van der Waals surface area contributed by atoms with Crippen molar-refractivity contribution in [1.82, 2.24) is 15.5 Å². The summed E-state index contributed by atoms with van der Waals surface area (Å²) in [5.74, 6) is 2.93. The molecule has 0 amide bonds. The van der Waals surface area contributed by atoms with Gasteiger partial charge in [0.2, 0.25) is 0 Å². The van der Waals surface area contributed by atoms with Crippen LogP contribution in [0.25, 0.3) is 0 Å². The van der Waals surface area contributed by atoms with Crippen molar-refractivity contribution in [2.75, 3.05) is 31.1 Å². The third-order valence-electron chi connectivity index (χ3n) is 4.70. The third kappa shape index (κ3) is 3.06. The molecule has 0 radical (unpaired) electrons. The van der Waals surface area contributed by atoms with Gasteiger partial charge in [-0.3, -0.25) is 0 Å². The van der Waals surface area contributed by atoms with Crippen LogP contribution in [0.4, 0.5) is 5.82 Å². The molecule has 0 bridgehead atoms. The number of anilines is 1. The van der Waals surface area contributed by atoms with Gasteiger partial charge in [-0.05, 0) is 69.7 Å². The molecule has 0 unspecified atom stereocenters. The Bertz CT molecular complexity index is 389. The minimum atomic E-state index is 0.928. The van der Waals surface area contributed by atoms with E-state index in [1.807, 2.05) is 6.92 Å². The number of hydrogen-bond acceptors (Lipinski definition) is 4. The number of aromatic nitrogens is 2. The van der Waals surface area contributed by atoms with Crippen LogP contribution in [-0.2, 0) is 0 Å². The summed E-state index contributed by atoms with van der Waals surface area (Å²) in [6.07, 6.45) is 5.38. The topological polar surface area (TPSA) is 41.0 Å². The van der Waals surface area contributed by atoms with Crippen LogP contribution in [0.3, 0.4) is 0 Å². The summed E-state index contributed by atoms with van der Waals surface area (Å²) in [6.45, 7) is 6.71. The number of piperidine rings is 2. The Morgan fingerprint density at radius 1 is 1.00 bits per heavy atom. The zero-order chi connectivity index (χ0) is 13.1. The van der Waals surface area contributed by atoms with Gasteiger partial charge in [-0.25, -0.2) is 0 Å². The molecule has 2 aliphatic heterocycles. The average Bonchev–Trinajstić information content (AvgIpc) is 2.49. The fourth-order valence-electron chi connectivity index (χ4n) is 3.48. The van der Waals surface area contributed by atoms with E-state index in [9.17, 15) is 0 Å². The smallest absolute Gasteiger partial charge is 0.151 e. The number of nitrogens with one attached hydrogen (secondary N) is 1. The lowest BCUT2D eigenvalue weighted by molar-refractivity contribution is 0.221. The molecular formula is C15H24N4. The molecule has 0 aliphatic carbocycles. The van der Waals surface area contributed by atoms with Gasteiger partial charge in [0.05, 0.1) is 5.69 Å². The monoisotopic (exact) mass is 260 g/mol. The second kappa shape index (κ2) is 5.87. The van der Waals surface area contributed by atoms with Gasteiger partial charge in [0.15, 0.2) is 5.82 Å². The first-order chi connectivity index (χ1) is 9.33. The number of hydrogen-bond donors (Lipinski definition) is 1. The Hall–Kier alpha value is -1.16. The highest BCUT2D eigenvalue weighted by molar-refractivity contribution is 5.37. The van der Waals surface area contributed by atoms with Crippen LogP contribution in [-0.4, -0.2) is 36.4 Å². The normalized spacial score (nSPS) is 22.7. The molecule has 2 fully saturated rings. The fourth-order valence-corrected chi connectivity index (χ4v) is 3.48. The lowest BCUT2D eigenvalue weighted by Crippen LogP contribution is -2.39. The molecule has 2 aliphatic rings. The molecule has 0 saturated carbocycles. The SMILES string of the molecule is Cc1ccc(N2CCC(C3CCNCC3)CC2)nn1. The maximum absolute atomic E-state index is 4.31. The van der Waals surface area contributed by atoms with Gasteiger partial charge >= 0.3 is 0 Å². The molecule has 0 atom stereocenters. The Morgan fingerprint density at radius 3 is 2.32 bits per heavy atom. The summed E-state index contributed by atoms with van der Waals surface area (Å²) < 4.78 is 0. The predicted octanol–water partition coefficient (Wildman–Crippen LogP) is 2.00. The highest BCUT2D eigenvalue weighted by atomic mass is 15.3. The molecule has 0 aromatic carbocycles. The third-order valence-corrected chi connectivity index (χ3v) is 4.70. The van der Waals surface area contributed by atoms with Crippen molar-refractivity contribution >= 4 is 5.82 Å². The Morgan fingerprint density at radius 2 is 1.68 bits per heavy atom. The van der Waals surface area contributed by atoms with E-state index in [-0.39, 0.29) is 0 Å². The van der Waals surface area contributed by atoms with Crippen LogP contribution < -0.4 is 10.2 Å². The van der Waals surface area contributed by atoms with Crippen LogP contribution >= 0.6 is 0 Å². The lowest BCUT2D eigenvalue weighted by Gasteiger charge is -2.38. The molecule has 4 heteroatoms. The Balaban J connectivity index is 1.55. The van der Waals surface area contributed by atoms with E-state index in [1.165, 1.54) is 38.8 Å². The number of nitrogens with zero attached hydrogens (tertiary/aromatic N) is 3. The number of aryl methyl sites for hydroxylation is 1. The van der Waals surface area contributed by atoms with Crippen LogP contribution in [0.2, 0.25) is 0 Å². The lowest BCUT2D eigenvalue weighted by atomic mass is 9.79. The fraction of sp³-hybridized carbons (Fsp3) is 0.733. The van der Waals surface area contributed by atoms with Gasteiger partial charge in [0, 0.05) is 13.1 Å². The Kier molecular flexibility index (Phi) is 3.97. The average molecular weight is 260 g/mol. The van der Waals surface area contributed by atoms with Crippen molar-refractivity contribution in [3.8, 4) is 0 Å². The molecule has 104 valence electrons. The molecule has 1 N–H and O–H groups in total. The van der Waals surface area contributed by atoms with Crippen molar-refractivity contribution in [3.05, 3.63) is 17.8 Å². The predicted molar refractivity (Wildman–Crippen MR) is 77.3 cm³/mol. The maximum Gasteiger partial charge on any atom is 0.151 e. The molecule has 3 rings (SSSR count). The van der Waals surface area contributed by atoms with Gasteiger partial charge in [-0.15, -0.1) is 5.10 Å². The molecule has 1 aromatic rings. The molecule has 0 spiro atoms. The van der Waals surface area contributed by atoms with Crippen LogP contribution in [0.5, 0.6) is 0 Å². The van der Waals surface area contributed by atoms with E-state index >= 15 is 0 Å². The quantitative estimate of drug-likeness (QED) is 0.883.